The summed E-state index contributed by atoms with van der Waals surface area (Å²) in [5.74, 6) is -0.743. The summed E-state index contributed by atoms with van der Waals surface area (Å²) in [6, 6.07) is 5.66. The normalized spacial score (nSPS) is 19.3. The van der Waals surface area contributed by atoms with Crippen LogP contribution in [-0.2, 0) is 10.3 Å². The first-order chi connectivity index (χ1) is 13.2. The van der Waals surface area contributed by atoms with Crippen LogP contribution in [0, 0.1) is 0 Å². The van der Waals surface area contributed by atoms with Crippen molar-refractivity contribution in [2.24, 2.45) is 0 Å². The molecule has 1 aromatic carbocycles. The minimum Gasteiger partial charge on any atom is -0.476 e. The molecule has 0 saturated carbocycles. The maximum Gasteiger partial charge on any atom is 0.356 e. The van der Waals surface area contributed by atoms with E-state index in [1.54, 1.807) is 0 Å². The molecule has 1 aliphatic rings. The molecule has 0 spiro atoms. The van der Waals surface area contributed by atoms with Crippen LogP contribution in [0.3, 0.4) is 0 Å². The fourth-order valence-corrected chi connectivity index (χ4v) is 3.98. The van der Waals surface area contributed by atoms with E-state index < -0.39 is 26.7 Å². The third kappa shape index (κ3) is 4.42. The molecule has 0 radical (unpaired) electrons. The molecule has 1 N–H and O–H groups in total. The van der Waals surface area contributed by atoms with Crippen LogP contribution in [0.1, 0.15) is 28.9 Å². The molecule has 29 heavy (non-hydrogen) atoms. The molecule has 0 amide bonds. The number of ether oxygens (including phenoxy) is 1. The van der Waals surface area contributed by atoms with Crippen molar-refractivity contribution >= 4 is 22.0 Å². The second-order valence-electron chi connectivity index (χ2n) is 6.76. The first kappa shape index (κ1) is 21.2. The standard InChI is InChI=1S/C17H18F5N3O3S/c1-28-17(12-2-4-13(5-3-12)29(18,19,20,21)22)8-10-25(11-9-17)15-7-6-14(16(26)27)23-24-15/h2-7H,8-11H2,1H3,(H,26,27). The number of anilines is 1. The number of aromatic nitrogens is 2. The van der Waals surface area contributed by atoms with E-state index >= 15 is 0 Å². The molecular weight excluding hydrogens is 421 g/mol. The van der Waals surface area contributed by atoms with Gasteiger partial charge in [-0.3, -0.25) is 0 Å². The molecule has 0 unspecified atom stereocenters. The van der Waals surface area contributed by atoms with Crippen molar-refractivity contribution in [1.29, 1.82) is 0 Å². The highest BCUT2D eigenvalue weighted by Gasteiger charge is 2.65. The molecule has 0 atom stereocenters. The van der Waals surface area contributed by atoms with E-state index in [0.29, 0.717) is 49.4 Å². The van der Waals surface area contributed by atoms with Crippen LogP contribution in [0.4, 0.5) is 25.2 Å². The number of aromatic carboxylic acids is 1. The minimum absolute atomic E-state index is 0.193. The maximum atomic E-state index is 12.9. The van der Waals surface area contributed by atoms with Gasteiger partial charge >= 0.3 is 16.2 Å². The van der Waals surface area contributed by atoms with E-state index in [-0.39, 0.29) is 5.69 Å². The Labute approximate surface area is 163 Å². The monoisotopic (exact) mass is 439 g/mol. The zero-order valence-corrected chi connectivity index (χ0v) is 16.0. The Balaban J connectivity index is 1.78. The number of rotatable bonds is 5. The number of piperidine rings is 1. The lowest BCUT2D eigenvalue weighted by Gasteiger charge is -2.43. The van der Waals surface area contributed by atoms with Crippen LogP contribution >= 0.6 is 10.2 Å². The zero-order valence-electron chi connectivity index (χ0n) is 15.2. The number of nitrogens with zero attached hydrogens (tertiary/aromatic N) is 3. The summed E-state index contributed by atoms with van der Waals surface area (Å²) in [5.41, 5.74) is -0.750. The highest BCUT2D eigenvalue weighted by Crippen LogP contribution is 3.02. The van der Waals surface area contributed by atoms with Gasteiger partial charge in [-0.15, -0.1) is 10.2 Å². The summed E-state index contributed by atoms with van der Waals surface area (Å²) in [4.78, 5) is 10.7. The molecule has 12 heteroatoms. The summed E-state index contributed by atoms with van der Waals surface area (Å²) in [6.07, 6.45) is 0.725. The van der Waals surface area contributed by atoms with Crippen molar-refractivity contribution in [3.63, 3.8) is 0 Å². The lowest BCUT2D eigenvalue weighted by atomic mass is 9.84. The Hall–Kier alpha value is -2.47. The number of carboxylic acid groups (broad SMARTS) is 1. The lowest BCUT2D eigenvalue weighted by Crippen LogP contribution is -2.44. The molecule has 0 bridgehead atoms. The first-order valence-electron chi connectivity index (χ1n) is 8.46. The Kier molecular flexibility index (Phi) is 4.59. The van der Waals surface area contributed by atoms with Gasteiger partial charge in [-0.1, -0.05) is 31.6 Å². The van der Waals surface area contributed by atoms with Gasteiger partial charge in [0, 0.05) is 20.2 Å². The van der Waals surface area contributed by atoms with Gasteiger partial charge in [0.25, 0.3) is 0 Å². The van der Waals surface area contributed by atoms with Gasteiger partial charge in [-0.05, 0) is 42.7 Å². The van der Waals surface area contributed by atoms with Crippen LogP contribution in [0.15, 0.2) is 41.3 Å². The predicted molar refractivity (Wildman–Crippen MR) is 97.0 cm³/mol. The highest BCUT2D eigenvalue weighted by molar-refractivity contribution is 8.45. The Morgan fingerprint density at radius 3 is 2.03 bits per heavy atom. The molecule has 2 heterocycles. The van der Waals surface area contributed by atoms with Crippen molar-refractivity contribution in [2.75, 3.05) is 25.1 Å². The van der Waals surface area contributed by atoms with Gasteiger partial charge in [0.1, 0.15) is 4.90 Å². The van der Waals surface area contributed by atoms with Crippen LogP contribution in [-0.4, -0.2) is 41.5 Å². The minimum atomic E-state index is -9.72. The predicted octanol–water partition coefficient (Wildman–Crippen LogP) is 4.97. The van der Waals surface area contributed by atoms with Gasteiger partial charge in [-0.2, -0.15) is 0 Å². The van der Waals surface area contributed by atoms with E-state index in [4.69, 9.17) is 9.84 Å². The van der Waals surface area contributed by atoms with Crippen LogP contribution in [0.5, 0.6) is 0 Å². The molecular formula is C17H18F5N3O3S. The van der Waals surface area contributed by atoms with E-state index in [1.165, 1.54) is 19.2 Å². The van der Waals surface area contributed by atoms with E-state index in [2.05, 4.69) is 10.2 Å². The van der Waals surface area contributed by atoms with Gasteiger partial charge in [0.05, 0.1) is 5.60 Å². The molecule has 1 aliphatic heterocycles. The van der Waals surface area contributed by atoms with Crippen molar-refractivity contribution in [3.8, 4) is 0 Å². The number of carbonyl (C=O) groups is 1. The second kappa shape index (κ2) is 6.26. The summed E-state index contributed by atoms with van der Waals surface area (Å²) in [5, 5.41) is 16.4. The fourth-order valence-electron chi connectivity index (χ4n) is 3.33. The zero-order chi connectivity index (χ0) is 21.6. The van der Waals surface area contributed by atoms with Crippen LogP contribution < -0.4 is 4.90 Å². The quantitative estimate of drug-likeness (QED) is 0.663. The summed E-state index contributed by atoms with van der Waals surface area (Å²) >= 11 is 0. The average Bonchev–Trinajstić information content (AvgIpc) is 2.66. The second-order valence-corrected chi connectivity index (χ2v) is 9.17. The first-order valence-corrected chi connectivity index (χ1v) is 10.4. The Morgan fingerprint density at radius 1 is 1.03 bits per heavy atom. The number of carboxylic acids is 1. The smallest absolute Gasteiger partial charge is 0.356 e. The SMILES string of the molecule is COC1(c2ccc(S(F)(F)(F)(F)F)cc2)CCN(c2ccc(C(=O)O)nn2)CC1. The number of benzene rings is 1. The molecule has 1 aromatic heterocycles. The fraction of sp³-hybridized carbons (Fsp3) is 0.353. The van der Waals surface area contributed by atoms with E-state index in [1.807, 2.05) is 4.90 Å². The summed E-state index contributed by atoms with van der Waals surface area (Å²) < 4.78 is 70.2. The Morgan fingerprint density at radius 2 is 1.62 bits per heavy atom. The molecule has 2 aromatic rings. The Bertz CT molecular complexity index is 913. The van der Waals surface area contributed by atoms with Crippen molar-refractivity contribution in [2.45, 2.75) is 23.3 Å². The van der Waals surface area contributed by atoms with Gasteiger partial charge in [0.2, 0.25) is 0 Å². The third-order valence-electron chi connectivity index (χ3n) is 4.98. The van der Waals surface area contributed by atoms with E-state index in [9.17, 15) is 24.2 Å². The maximum absolute atomic E-state index is 12.9. The largest absolute Gasteiger partial charge is 0.476 e. The third-order valence-corrected chi connectivity index (χ3v) is 6.14. The summed E-state index contributed by atoms with van der Waals surface area (Å²) in [7, 11) is -8.31. The molecule has 1 fully saturated rings. The summed E-state index contributed by atoms with van der Waals surface area (Å²) in [6.45, 7) is 0.802. The highest BCUT2D eigenvalue weighted by atomic mass is 32.5. The molecule has 1 saturated heterocycles. The van der Waals surface area contributed by atoms with Gasteiger partial charge in [-0.25, -0.2) is 4.79 Å². The lowest BCUT2D eigenvalue weighted by molar-refractivity contribution is -0.0348. The molecule has 3 rings (SSSR count). The number of halogens is 5. The molecule has 6 nitrogen and oxygen atoms in total. The average molecular weight is 439 g/mol. The number of hydrogen-bond acceptors (Lipinski definition) is 5. The van der Waals surface area contributed by atoms with Crippen molar-refractivity contribution in [3.05, 3.63) is 47.7 Å². The van der Waals surface area contributed by atoms with Gasteiger partial charge in [0.15, 0.2) is 11.5 Å². The van der Waals surface area contributed by atoms with E-state index in [0.717, 1.165) is 12.1 Å². The number of hydrogen-bond donors (Lipinski definition) is 1. The van der Waals surface area contributed by atoms with Crippen molar-refractivity contribution in [1.82, 2.24) is 10.2 Å². The van der Waals surface area contributed by atoms with Gasteiger partial charge < -0.3 is 14.7 Å². The molecule has 160 valence electrons. The topological polar surface area (TPSA) is 75.5 Å². The van der Waals surface area contributed by atoms with Crippen molar-refractivity contribution < 1.29 is 34.1 Å². The molecule has 0 aliphatic carbocycles. The number of methoxy groups -OCH3 is 1. The van der Waals surface area contributed by atoms with Crippen LogP contribution in [0.2, 0.25) is 0 Å². The van der Waals surface area contributed by atoms with Crippen LogP contribution in [0.25, 0.3) is 0 Å².